The van der Waals surface area contributed by atoms with Crippen molar-refractivity contribution in [1.82, 2.24) is 0 Å². The third kappa shape index (κ3) is 5.17. The highest BCUT2D eigenvalue weighted by Gasteiger charge is 2.21. The molecule has 0 saturated carbocycles. The smallest absolute Gasteiger partial charge is 0.0646 e. The summed E-state index contributed by atoms with van der Waals surface area (Å²) in [6.45, 7) is 0. The Bertz CT molecular complexity index is 3190. The van der Waals surface area contributed by atoms with Crippen LogP contribution in [0.5, 0.6) is 0 Å². The van der Waals surface area contributed by atoms with E-state index in [2.05, 4.69) is 163 Å². The van der Waals surface area contributed by atoms with E-state index in [1.807, 2.05) is 46.1 Å². The van der Waals surface area contributed by atoms with Crippen LogP contribution in [0.25, 0.3) is 82.8 Å². The lowest BCUT2D eigenvalue weighted by Crippen LogP contribution is -2.10. The van der Waals surface area contributed by atoms with Crippen LogP contribution < -0.4 is 4.90 Å². The first-order valence-electron chi connectivity index (χ1n) is 17.6. The van der Waals surface area contributed by atoms with Gasteiger partial charge in [-0.15, -0.1) is 34.0 Å². The average molecular weight is 750 g/mol. The van der Waals surface area contributed by atoms with E-state index in [0.717, 1.165) is 33.2 Å². The van der Waals surface area contributed by atoms with Crippen LogP contribution in [0, 0.1) is 0 Å². The van der Waals surface area contributed by atoms with Gasteiger partial charge in [-0.3, -0.25) is 0 Å². The molecule has 0 bridgehead atoms. The fourth-order valence-corrected chi connectivity index (χ4v) is 11.2. The van der Waals surface area contributed by atoms with Gasteiger partial charge in [0.1, 0.15) is 0 Å². The van der Waals surface area contributed by atoms with Crippen LogP contribution in [0.1, 0.15) is 0 Å². The zero-order valence-electron chi connectivity index (χ0n) is 28.2. The SMILES string of the molecule is Clc1ccc(-c2cc(N(c3ccccc3)c3ccc4sc5ccccc5c4c3)c3sc4ccc(-c5ccc6sc7ccccc7c6c5)cc4c3c2)cc1. The number of thiophene rings is 3. The van der Waals surface area contributed by atoms with E-state index in [0.29, 0.717) is 0 Å². The normalized spacial score (nSPS) is 11.9. The van der Waals surface area contributed by atoms with Gasteiger partial charge in [-0.05, 0) is 113 Å². The van der Waals surface area contributed by atoms with Gasteiger partial charge in [0, 0.05) is 72.2 Å². The van der Waals surface area contributed by atoms with Crippen molar-refractivity contribution in [2.24, 2.45) is 0 Å². The molecule has 5 heteroatoms. The largest absolute Gasteiger partial charge is 0.309 e. The van der Waals surface area contributed by atoms with Gasteiger partial charge >= 0.3 is 0 Å². The maximum absolute atomic E-state index is 6.41. The van der Waals surface area contributed by atoms with E-state index in [1.165, 1.54) is 71.6 Å². The summed E-state index contributed by atoms with van der Waals surface area (Å²) in [7, 11) is 0. The van der Waals surface area contributed by atoms with Gasteiger partial charge in [0.05, 0.1) is 10.4 Å². The minimum atomic E-state index is 0.734. The molecular weight excluding hydrogens is 722 g/mol. The third-order valence-electron chi connectivity index (χ3n) is 10.3. The summed E-state index contributed by atoms with van der Waals surface area (Å²) in [5.74, 6) is 0. The molecule has 0 unspecified atom stereocenters. The van der Waals surface area contributed by atoms with Crippen molar-refractivity contribution in [3.8, 4) is 22.3 Å². The number of para-hydroxylation sites is 1. The van der Waals surface area contributed by atoms with Gasteiger partial charge in [0.25, 0.3) is 0 Å². The molecular formula is C48H28ClNS3. The molecule has 11 aromatic rings. The van der Waals surface area contributed by atoms with Crippen LogP contribution in [0.4, 0.5) is 17.1 Å². The predicted octanol–water partition coefficient (Wildman–Crippen LogP) is 16.2. The van der Waals surface area contributed by atoms with Crippen molar-refractivity contribution in [3.05, 3.63) is 175 Å². The quantitative estimate of drug-likeness (QED) is 0.169. The maximum Gasteiger partial charge on any atom is 0.0646 e. The number of anilines is 3. The molecule has 1 nitrogen and oxygen atoms in total. The second-order valence-electron chi connectivity index (χ2n) is 13.5. The van der Waals surface area contributed by atoms with E-state index in [4.69, 9.17) is 11.6 Å². The standard InChI is InChI=1S/C48H28ClNS3/c49-33-18-14-29(15-19-33)32-26-41-39-25-31(30-16-21-45-38(24-30)36-10-4-6-12-43(36)51-45)17-22-47(39)53-48(41)42(27-32)50(34-8-2-1-3-9-34)35-20-23-46-40(28-35)37-11-5-7-13-44(37)52-46/h1-28H. The Morgan fingerprint density at radius 1 is 0.340 bits per heavy atom. The molecule has 3 aromatic heterocycles. The molecule has 250 valence electrons. The lowest BCUT2D eigenvalue weighted by molar-refractivity contribution is 1.31. The number of hydrogen-bond donors (Lipinski definition) is 0. The topological polar surface area (TPSA) is 3.24 Å². The highest BCUT2D eigenvalue weighted by atomic mass is 35.5. The van der Waals surface area contributed by atoms with Crippen LogP contribution in [0.3, 0.4) is 0 Å². The summed E-state index contributed by atoms with van der Waals surface area (Å²) in [6.07, 6.45) is 0. The zero-order valence-corrected chi connectivity index (χ0v) is 31.4. The molecule has 53 heavy (non-hydrogen) atoms. The Morgan fingerprint density at radius 3 is 1.53 bits per heavy atom. The van der Waals surface area contributed by atoms with Crippen LogP contribution >= 0.6 is 45.6 Å². The van der Waals surface area contributed by atoms with E-state index < -0.39 is 0 Å². The van der Waals surface area contributed by atoms with Gasteiger partial charge < -0.3 is 4.90 Å². The molecule has 0 radical (unpaired) electrons. The van der Waals surface area contributed by atoms with Crippen molar-refractivity contribution in [3.63, 3.8) is 0 Å². The average Bonchev–Trinajstić information content (AvgIpc) is 3.89. The Balaban J connectivity index is 1.16. The second kappa shape index (κ2) is 12.3. The number of hydrogen-bond acceptors (Lipinski definition) is 4. The zero-order chi connectivity index (χ0) is 35.0. The Morgan fingerprint density at radius 2 is 0.849 bits per heavy atom. The van der Waals surface area contributed by atoms with Crippen molar-refractivity contribution in [2.75, 3.05) is 4.90 Å². The van der Waals surface area contributed by atoms with Crippen LogP contribution in [-0.4, -0.2) is 0 Å². The van der Waals surface area contributed by atoms with Crippen LogP contribution in [0.15, 0.2) is 170 Å². The molecule has 0 atom stereocenters. The van der Waals surface area contributed by atoms with E-state index in [1.54, 1.807) is 0 Å². The highest BCUT2D eigenvalue weighted by Crippen LogP contribution is 2.49. The lowest BCUT2D eigenvalue weighted by atomic mass is 9.98. The number of rotatable bonds is 5. The third-order valence-corrected chi connectivity index (χ3v) is 14.1. The molecule has 11 rings (SSSR count). The Kier molecular flexibility index (Phi) is 7.21. The van der Waals surface area contributed by atoms with Crippen LogP contribution in [0.2, 0.25) is 5.02 Å². The Labute approximate surface area is 323 Å². The molecule has 0 N–H and O–H groups in total. The molecule has 3 heterocycles. The van der Waals surface area contributed by atoms with Crippen LogP contribution in [-0.2, 0) is 0 Å². The molecule has 0 aliphatic heterocycles. The molecule has 0 fully saturated rings. The maximum atomic E-state index is 6.41. The Hall–Kier alpha value is -5.49. The molecule has 8 aromatic carbocycles. The van der Waals surface area contributed by atoms with E-state index in [9.17, 15) is 0 Å². The summed E-state index contributed by atoms with van der Waals surface area (Å²) in [5, 5.41) is 8.47. The number of halogens is 1. The van der Waals surface area contributed by atoms with Crippen molar-refractivity contribution < 1.29 is 0 Å². The van der Waals surface area contributed by atoms with Gasteiger partial charge in [0.15, 0.2) is 0 Å². The molecule has 0 saturated heterocycles. The summed E-state index contributed by atoms with van der Waals surface area (Å²) in [6, 6.07) is 62.1. The molecule has 0 aliphatic rings. The number of nitrogens with zero attached hydrogens (tertiary/aromatic N) is 1. The van der Waals surface area contributed by atoms with Gasteiger partial charge in [0.2, 0.25) is 0 Å². The summed E-state index contributed by atoms with van der Waals surface area (Å²) >= 11 is 12.0. The number of benzene rings is 8. The van der Waals surface area contributed by atoms with Gasteiger partial charge in [-0.2, -0.15) is 0 Å². The van der Waals surface area contributed by atoms with Crippen molar-refractivity contribution >= 4 is 123 Å². The monoisotopic (exact) mass is 749 g/mol. The highest BCUT2D eigenvalue weighted by molar-refractivity contribution is 7.27. The van der Waals surface area contributed by atoms with E-state index in [-0.39, 0.29) is 0 Å². The minimum absolute atomic E-state index is 0.734. The first-order valence-corrected chi connectivity index (χ1v) is 20.4. The first kappa shape index (κ1) is 31.1. The van der Waals surface area contributed by atoms with Gasteiger partial charge in [-0.25, -0.2) is 0 Å². The minimum Gasteiger partial charge on any atom is -0.309 e. The second-order valence-corrected chi connectivity index (χ2v) is 17.1. The molecule has 0 aliphatic carbocycles. The summed E-state index contributed by atoms with van der Waals surface area (Å²) < 4.78 is 7.79. The molecule has 0 amide bonds. The first-order chi connectivity index (χ1) is 26.1. The summed E-state index contributed by atoms with van der Waals surface area (Å²) in [5.41, 5.74) is 8.16. The van der Waals surface area contributed by atoms with Crippen molar-refractivity contribution in [2.45, 2.75) is 0 Å². The lowest BCUT2D eigenvalue weighted by Gasteiger charge is -2.27. The predicted molar refractivity (Wildman–Crippen MR) is 236 cm³/mol. The fourth-order valence-electron chi connectivity index (χ4n) is 7.78. The van der Waals surface area contributed by atoms with Crippen molar-refractivity contribution in [1.29, 1.82) is 0 Å². The van der Waals surface area contributed by atoms with E-state index >= 15 is 0 Å². The fraction of sp³-hybridized carbons (Fsp3) is 0. The molecule has 0 spiro atoms. The number of fused-ring (bicyclic) bond motifs is 9. The van der Waals surface area contributed by atoms with Gasteiger partial charge in [-0.1, -0.05) is 90.5 Å². The summed E-state index contributed by atoms with van der Waals surface area (Å²) in [4.78, 5) is 2.44.